The molecule has 2 aromatic carbocycles. The molecule has 0 unspecified atom stereocenters. The van der Waals surface area contributed by atoms with E-state index in [4.69, 9.17) is 9.47 Å². The molecule has 0 aromatic heterocycles. The van der Waals surface area contributed by atoms with Gasteiger partial charge in [-0.15, -0.1) is 0 Å². The third kappa shape index (κ3) is 5.54. The molecule has 0 spiro atoms. The van der Waals surface area contributed by atoms with Crippen LogP contribution in [0.3, 0.4) is 0 Å². The van der Waals surface area contributed by atoms with E-state index in [2.05, 4.69) is 5.32 Å². The number of nitrogens with one attached hydrogen (secondary N) is 1. The fraction of sp³-hybridized carbons (Fsp3) is 0.333. The minimum absolute atomic E-state index is 0.328. The van der Waals surface area contributed by atoms with Crippen molar-refractivity contribution in [3.8, 4) is 5.75 Å². The summed E-state index contributed by atoms with van der Waals surface area (Å²) in [7, 11) is 0. The first kappa shape index (κ1) is 20.4. The van der Waals surface area contributed by atoms with Crippen molar-refractivity contribution in [2.24, 2.45) is 0 Å². The van der Waals surface area contributed by atoms with Gasteiger partial charge in [-0.25, -0.2) is 9.18 Å². The normalized spacial score (nSPS) is 11.0. The number of halogens is 1. The Hall–Kier alpha value is -2.89. The third-order valence-electron chi connectivity index (χ3n) is 3.95. The number of anilines is 1. The molecule has 5 nitrogen and oxygen atoms in total. The number of carbonyl (C=O) groups is 2. The van der Waals surface area contributed by atoms with E-state index in [1.165, 1.54) is 38.1 Å². The Bertz CT molecular complexity index is 821. The lowest BCUT2D eigenvalue weighted by molar-refractivity contribution is -0.161. The highest BCUT2D eigenvalue weighted by Gasteiger charge is 2.32. The van der Waals surface area contributed by atoms with E-state index in [-0.39, 0.29) is 0 Å². The second-order valence-corrected chi connectivity index (χ2v) is 6.96. The Morgan fingerprint density at radius 3 is 2.15 bits per heavy atom. The smallest absolute Gasteiger partial charge is 0.350 e. The van der Waals surface area contributed by atoms with E-state index in [1.54, 1.807) is 0 Å². The lowest BCUT2D eigenvalue weighted by Crippen LogP contribution is -2.41. The maximum absolute atomic E-state index is 13.0. The van der Waals surface area contributed by atoms with Crippen molar-refractivity contribution < 1.29 is 23.5 Å². The minimum Gasteiger partial charge on any atom is -0.476 e. The minimum atomic E-state index is -1.33. The summed E-state index contributed by atoms with van der Waals surface area (Å²) in [5.41, 5.74) is 2.37. The number of esters is 1. The third-order valence-corrected chi connectivity index (χ3v) is 3.95. The molecule has 0 saturated carbocycles. The van der Waals surface area contributed by atoms with Gasteiger partial charge in [0.15, 0.2) is 12.2 Å². The molecule has 0 fully saturated rings. The molecule has 2 rings (SSSR count). The van der Waals surface area contributed by atoms with Gasteiger partial charge in [-0.05, 0) is 70.0 Å². The summed E-state index contributed by atoms with van der Waals surface area (Å²) >= 11 is 0. The van der Waals surface area contributed by atoms with E-state index in [1.807, 2.05) is 32.9 Å². The summed E-state index contributed by atoms with van der Waals surface area (Å²) < 4.78 is 23.6. The van der Waals surface area contributed by atoms with Crippen LogP contribution in [-0.2, 0) is 14.3 Å². The molecular weight excluding hydrogens is 349 g/mol. The lowest BCUT2D eigenvalue weighted by Gasteiger charge is -2.24. The standard InChI is InChI=1S/C21H24FNO4/c1-13-10-14(2)19(15(3)11-13)23-18(24)12-26-20(25)21(4,5)27-17-8-6-16(22)7-9-17/h6-11H,12H2,1-5H3,(H,23,24). The highest BCUT2D eigenvalue weighted by atomic mass is 19.1. The van der Waals surface area contributed by atoms with Crippen LogP contribution in [0.4, 0.5) is 10.1 Å². The molecule has 0 radical (unpaired) electrons. The molecule has 0 aliphatic rings. The quantitative estimate of drug-likeness (QED) is 0.775. The number of benzene rings is 2. The van der Waals surface area contributed by atoms with Crippen molar-refractivity contribution in [1.29, 1.82) is 0 Å². The zero-order valence-electron chi connectivity index (χ0n) is 16.2. The molecule has 0 aliphatic carbocycles. The summed E-state index contributed by atoms with van der Waals surface area (Å²) in [4.78, 5) is 24.4. The molecule has 0 heterocycles. The molecule has 27 heavy (non-hydrogen) atoms. The van der Waals surface area contributed by atoms with Gasteiger partial charge in [-0.2, -0.15) is 0 Å². The SMILES string of the molecule is Cc1cc(C)c(NC(=O)COC(=O)C(C)(C)Oc2ccc(F)cc2)c(C)c1. The topological polar surface area (TPSA) is 64.6 Å². The maximum atomic E-state index is 13.0. The molecule has 6 heteroatoms. The largest absolute Gasteiger partial charge is 0.476 e. The van der Waals surface area contributed by atoms with Gasteiger partial charge < -0.3 is 14.8 Å². The van der Waals surface area contributed by atoms with Gasteiger partial charge in [-0.1, -0.05) is 17.7 Å². The first-order valence-electron chi connectivity index (χ1n) is 8.58. The van der Waals surface area contributed by atoms with Crippen LogP contribution >= 0.6 is 0 Å². The van der Waals surface area contributed by atoms with Crippen LogP contribution < -0.4 is 10.1 Å². The van der Waals surface area contributed by atoms with Gasteiger partial charge in [0, 0.05) is 5.69 Å². The summed E-state index contributed by atoms with van der Waals surface area (Å²) in [5, 5.41) is 2.77. The Morgan fingerprint density at radius 2 is 1.59 bits per heavy atom. The van der Waals surface area contributed by atoms with E-state index in [0.29, 0.717) is 11.4 Å². The molecule has 1 N–H and O–H groups in total. The van der Waals surface area contributed by atoms with Crippen LogP contribution in [0.1, 0.15) is 30.5 Å². The van der Waals surface area contributed by atoms with Crippen LogP contribution in [0.5, 0.6) is 5.75 Å². The highest BCUT2D eigenvalue weighted by molar-refractivity contribution is 5.94. The van der Waals surface area contributed by atoms with Gasteiger partial charge in [0.25, 0.3) is 5.91 Å². The fourth-order valence-corrected chi connectivity index (χ4v) is 2.70. The monoisotopic (exact) mass is 373 g/mol. The van der Waals surface area contributed by atoms with Crippen molar-refractivity contribution in [3.05, 3.63) is 58.9 Å². The van der Waals surface area contributed by atoms with Crippen LogP contribution in [0.15, 0.2) is 36.4 Å². The van der Waals surface area contributed by atoms with Crippen molar-refractivity contribution in [1.82, 2.24) is 0 Å². The number of aryl methyl sites for hydroxylation is 3. The summed E-state index contributed by atoms with van der Waals surface area (Å²) in [6.45, 7) is 8.40. The molecule has 1 amide bonds. The van der Waals surface area contributed by atoms with Gasteiger partial charge in [0.05, 0.1) is 0 Å². The van der Waals surface area contributed by atoms with Crippen molar-refractivity contribution in [2.75, 3.05) is 11.9 Å². The predicted molar refractivity (Wildman–Crippen MR) is 101 cm³/mol. The number of amides is 1. The first-order valence-corrected chi connectivity index (χ1v) is 8.58. The molecule has 0 aliphatic heterocycles. The van der Waals surface area contributed by atoms with E-state index < -0.39 is 29.9 Å². The number of ether oxygens (including phenoxy) is 2. The second kappa shape index (κ2) is 8.20. The summed E-state index contributed by atoms with van der Waals surface area (Å²) in [6, 6.07) is 9.23. The maximum Gasteiger partial charge on any atom is 0.350 e. The van der Waals surface area contributed by atoms with Crippen LogP contribution in [-0.4, -0.2) is 24.1 Å². The lowest BCUT2D eigenvalue weighted by atomic mass is 10.1. The molecule has 0 atom stereocenters. The van der Waals surface area contributed by atoms with Gasteiger partial charge in [-0.3, -0.25) is 4.79 Å². The summed E-state index contributed by atoms with van der Waals surface area (Å²) in [5.74, 6) is -1.20. The summed E-state index contributed by atoms with van der Waals surface area (Å²) in [6.07, 6.45) is 0. The highest BCUT2D eigenvalue weighted by Crippen LogP contribution is 2.22. The molecule has 2 aromatic rings. The average molecular weight is 373 g/mol. The first-order chi connectivity index (χ1) is 12.6. The molecular formula is C21H24FNO4. The number of carbonyl (C=O) groups excluding carboxylic acids is 2. The Morgan fingerprint density at radius 1 is 1.04 bits per heavy atom. The second-order valence-electron chi connectivity index (χ2n) is 6.96. The van der Waals surface area contributed by atoms with Gasteiger partial charge >= 0.3 is 5.97 Å². The zero-order chi connectivity index (χ0) is 20.2. The molecule has 144 valence electrons. The Balaban J connectivity index is 1.94. The zero-order valence-corrected chi connectivity index (χ0v) is 16.2. The van der Waals surface area contributed by atoms with E-state index >= 15 is 0 Å². The Kier molecular flexibility index (Phi) is 6.20. The average Bonchev–Trinajstić information content (AvgIpc) is 2.57. The number of hydrogen-bond donors (Lipinski definition) is 1. The van der Waals surface area contributed by atoms with Gasteiger partial charge in [0.2, 0.25) is 0 Å². The number of hydrogen-bond acceptors (Lipinski definition) is 4. The fourth-order valence-electron chi connectivity index (χ4n) is 2.70. The van der Waals surface area contributed by atoms with Gasteiger partial charge in [0.1, 0.15) is 11.6 Å². The van der Waals surface area contributed by atoms with Crippen LogP contribution in [0, 0.1) is 26.6 Å². The van der Waals surface area contributed by atoms with E-state index in [0.717, 1.165) is 16.7 Å². The van der Waals surface area contributed by atoms with Crippen molar-refractivity contribution in [2.45, 2.75) is 40.2 Å². The Labute approximate surface area is 158 Å². The van der Waals surface area contributed by atoms with Crippen molar-refractivity contribution >= 4 is 17.6 Å². The predicted octanol–water partition coefficient (Wildman–Crippen LogP) is 4.09. The number of rotatable bonds is 6. The molecule has 0 saturated heterocycles. The van der Waals surface area contributed by atoms with Crippen LogP contribution in [0.25, 0.3) is 0 Å². The van der Waals surface area contributed by atoms with E-state index in [9.17, 15) is 14.0 Å². The van der Waals surface area contributed by atoms with Crippen LogP contribution in [0.2, 0.25) is 0 Å². The van der Waals surface area contributed by atoms with Crippen molar-refractivity contribution in [3.63, 3.8) is 0 Å². The molecule has 0 bridgehead atoms.